The van der Waals surface area contributed by atoms with E-state index in [0.717, 1.165) is 5.56 Å². The highest BCUT2D eigenvalue weighted by Crippen LogP contribution is 2.31. The quantitative estimate of drug-likeness (QED) is 0.401. The summed E-state index contributed by atoms with van der Waals surface area (Å²) in [6.07, 6.45) is 1.51. The largest absolute Gasteiger partial charge is 0.326 e. The van der Waals surface area contributed by atoms with E-state index in [1.165, 1.54) is 16.9 Å². The van der Waals surface area contributed by atoms with Crippen molar-refractivity contribution in [1.82, 2.24) is 14.8 Å². The van der Waals surface area contributed by atoms with Crippen LogP contribution in [0.4, 0.5) is 5.82 Å². The molecular weight excluding hydrogens is 440 g/mol. The van der Waals surface area contributed by atoms with E-state index >= 15 is 0 Å². The Balaban J connectivity index is 1.75. The van der Waals surface area contributed by atoms with Crippen molar-refractivity contribution in [2.75, 3.05) is 5.32 Å². The molecule has 2 aromatic heterocycles. The van der Waals surface area contributed by atoms with Crippen LogP contribution in [0.1, 0.15) is 21.7 Å². The van der Waals surface area contributed by atoms with Crippen molar-refractivity contribution < 1.29 is 13.2 Å². The molecule has 10 heteroatoms. The maximum absolute atomic E-state index is 13.3. The van der Waals surface area contributed by atoms with Gasteiger partial charge in [0.1, 0.15) is 11.5 Å². The van der Waals surface area contributed by atoms with Crippen molar-refractivity contribution in [2.24, 2.45) is 10.9 Å². The molecule has 2 heterocycles. The van der Waals surface area contributed by atoms with Crippen molar-refractivity contribution in [1.29, 1.82) is 0 Å². The summed E-state index contributed by atoms with van der Waals surface area (Å²) >= 11 is 0. The highest BCUT2D eigenvalue weighted by molar-refractivity contribution is 7.89. The number of aromatic nitrogens is 3. The third-order valence-corrected chi connectivity index (χ3v) is 5.95. The van der Waals surface area contributed by atoms with E-state index in [2.05, 4.69) is 15.4 Å². The first-order chi connectivity index (χ1) is 15.8. The summed E-state index contributed by atoms with van der Waals surface area (Å²) in [5.74, 6) is -0.262. The average molecular weight is 463 g/mol. The summed E-state index contributed by atoms with van der Waals surface area (Å²) in [5, 5.41) is 12.6. The van der Waals surface area contributed by atoms with Crippen molar-refractivity contribution in [3.8, 4) is 16.8 Å². The zero-order chi connectivity index (χ0) is 23.6. The van der Waals surface area contributed by atoms with E-state index in [-0.39, 0.29) is 16.4 Å². The number of primary sulfonamides is 1. The molecule has 0 aliphatic heterocycles. The van der Waals surface area contributed by atoms with Crippen LogP contribution in [-0.4, -0.2) is 29.1 Å². The van der Waals surface area contributed by atoms with Crippen LogP contribution >= 0.6 is 0 Å². The number of rotatable bonds is 6. The minimum Gasteiger partial charge on any atom is -0.326 e. The van der Waals surface area contributed by atoms with Crippen LogP contribution in [0, 0.1) is 6.92 Å². The van der Waals surface area contributed by atoms with Crippen LogP contribution in [0.3, 0.4) is 0 Å². The van der Waals surface area contributed by atoms with Crippen LogP contribution in [-0.2, 0) is 16.6 Å². The van der Waals surface area contributed by atoms with Crippen molar-refractivity contribution in [3.05, 3.63) is 89.9 Å². The second-order valence-electron chi connectivity index (χ2n) is 7.35. The number of benzene rings is 2. The lowest BCUT2D eigenvalue weighted by Crippen LogP contribution is -2.19. The molecule has 0 radical (unpaired) electrons. The molecule has 33 heavy (non-hydrogen) atoms. The first kappa shape index (κ1) is 22.3. The summed E-state index contributed by atoms with van der Waals surface area (Å²) < 4.78 is 25.7. The summed E-state index contributed by atoms with van der Waals surface area (Å²) in [4.78, 5) is 17.5. The van der Waals surface area contributed by atoms with Gasteiger partial charge in [0.05, 0.1) is 16.3 Å². The summed E-state index contributed by atoms with van der Waals surface area (Å²) in [7, 11) is -3.99. The number of nitrogens with zero attached hydrogens (tertiary/aromatic N) is 3. The van der Waals surface area contributed by atoms with Crippen molar-refractivity contribution in [3.63, 3.8) is 0 Å². The van der Waals surface area contributed by atoms with Gasteiger partial charge in [-0.1, -0.05) is 30.3 Å². The minimum atomic E-state index is -3.99. The number of hydrogen-bond donors (Lipinski definition) is 3. The van der Waals surface area contributed by atoms with Gasteiger partial charge in [0, 0.05) is 23.9 Å². The Kier molecular flexibility index (Phi) is 6.05. The Morgan fingerprint density at radius 2 is 1.79 bits per heavy atom. The van der Waals surface area contributed by atoms with E-state index < -0.39 is 15.9 Å². The monoisotopic (exact) mass is 462 g/mol. The Hall–Kier alpha value is -3.86. The third kappa shape index (κ3) is 4.67. The van der Waals surface area contributed by atoms with E-state index in [1.807, 2.05) is 24.3 Å². The fraction of sp³-hybridized carbons (Fsp3) is 0.0870. The number of aryl methyl sites for hydroxylation is 1. The summed E-state index contributed by atoms with van der Waals surface area (Å²) in [6, 6.07) is 18.7. The Bertz CT molecular complexity index is 1450. The highest BCUT2D eigenvalue weighted by Gasteiger charge is 2.21. The maximum atomic E-state index is 13.3. The fourth-order valence-corrected chi connectivity index (χ4v) is 4.26. The van der Waals surface area contributed by atoms with Gasteiger partial charge < -0.3 is 11.1 Å². The number of hydrogen-bond acceptors (Lipinski definition) is 6. The lowest BCUT2D eigenvalue weighted by Gasteiger charge is -2.13. The molecule has 0 fully saturated rings. The smallest absolute Gasteiger partial charge is 0.275 e. The summed E-state index contributed by atoms with van der Waals surface area (Å²) in [6.45, 7) is 2.14. The predicted molar refractivity (Wildman–Crippen MR) is 125 cm³/mol. The van der Waals surface area contributed by atoms with Gasteiger partial charge in [0.15, 0.2) is 0 Å². The molecule has 0 bridgehead atoms. The molecule has 0 spiro atoms. The molecule has 5 N–H and O–H groups in total. The van der Waals surface area contributed by atoms with Gasteiger partial charge in [0.25, 0.3) is 5.91 Å². The van der Waals surface area contributed by atoms with Gasteiger partial charge in [-0.3, -0.25) is 4.79 Å². The van der Waals surface area contributed by atoms with Crippen LogP contribution in [0.15, 0.2) is 77.8 Å². The molecule has 168 valence electrons. The number of carbonyl (C=O) groups is 1. The van der Waals surface area contributed by atoms with Crippen molar-refractivity contribution in [2.45, 2.75) is 18.4 Å². The van der Waals surface area contributed by atoms with Crippen LogP contribution in [0.25, 0.3) is 16.8 Å². The van der Waals surface area contributed by atoms with Gasteiger partial charge in [-0.25, -0.2) is 23.2 Å². The lowest BCUT2D eigenvalue weighted by atomic mass is 10.1. The first-order valence-corrected chi connectivity index (χ1v) is 11.6. The van der Waals surface area contributed by atoms with E-state index in [9.17, 15) is 13.2 Å². The van der Waals surface area contributed by atoms with Crippen LogP contribution in [0.5, 0.6) is 0 Å². The molecule has 4 rings (SSSR count). The summed E-state index contributed by atoms with van der Waals surface area (Å²) in [5.41, 5.74) is 9.04. The van der Waals surface area contributed by atoms with Crippen molar-refractivity contribution >= 4 is 21.7 Å². The predicted octanol–water partition coefficient (Wildman–Crippen LogP) is 2.60. The van der Waals surface area contributed by atoms with Gasteiger partial charge in [-0.2, -0.15) is 5.10 Å². The number of sulfonamides is 1. The number of carbonyl (C=O) groups excluding carboxylic acids is 1. The van der Waals surface area contributed by atoms with E-state index in [1.54, 1.807) is 43.3 Å². The van der Waals surface area contributed by atoms with Crippen LogP contribution in [0.2, 0.25) is 0 Å². The second-order valence-corrected chi connectivity index (χ2v) is 8.88. The number of pyridine rings is 1. The van der Waals surface area contributed by atoms with Gasteiger partial charge in [0.2, 0.25) is 10.0 Å². The molecule has 0 atom stereocenters. The third-order valence-electron chi connectivity index (χ3n) is 4.98. The maximum Gasteiger partial charge on any atom is 0.275 e. The zero-order valence-corrected chi connectivity index (χ0v) is 18.6. The van der Waals surface area contributed by atoms with Crippen LogP contribution < -0.4 is 16.2 Å². The van der Waals surface area contributed by atoms with E-state index in [4.69, 9.17) is 10.9 Å². The second kappa shape index (κ2) is 8.94. The number of nitrogens with one attached hydrogen (secondary N) is 1. The SMILES string of the molecule is Cc1cc(C(=O)Nc2ncccc2-c2ccccc2S(N)(=O)=O)n(-c2cccc(CN)c2)n1. The first-order valence-electron chi connectivity index (χ1n) is 10.0. The number of nitrogens with two attached hydrogens (primary N) is 2. The fourth-order valence-electron chi connectivity index (χ4n) is 3.50. The number of amides is 1. The molecule has 0 aliphatic carbocycles. The molecule has 1 amide bonds. The molecule has 9 nitrogen and oxygen atoms in total. The minimum absolute atomic E-state index is 0.0621. The zero-order valence-electron chi connectivity index (χ0n) is 17.8. The molecule has 2 aromatic carbocycles. The van der Waals surface area contributed by atoms with Gasteiger partial charge in [-0.05, 0) is 48.9 Å². The van der Waals surface area contributed by atoms with Gasteiger partial charge in [-0.15, -0.1) is 0 Å². The highest BCUT2D eigenvalue weighted by atomic mass is 32.2. The molecule has 0 aliphatic rings. The molecule has 4 aromatic rings. The average Bonchev–Trinajstić information content (AvgIpc) is 3.21. The lowest BCUT2D eigenvalue weighted by molar-refractivity contribution is 0.101. The molecule has 0 saturated heterocycles. The van der Waals surface area contributed by atoms with Gasteiger partial charge >= 0.3 is 0 Å². The standard InChI is InChI=1S/C23H22N6O3S/c1-15-12-20(29(28-15)17-7-4-6-16(13-17)14-24)23(30)27-22-19(9-5-11-26-22)18-8-2-3-10-21(18)33(25,31)32/h2-13H,14,24H2,1H3,(H2,25,31,32)(H,26,27,30). The Morgan fingerprint density at radius 3 is 2.55 bits per heavy atom. The molecular formula is C23H22N6O3S. The van der Waals surface area contributed by atoms with E-state index in [0.29, 0.717) is 29.1 Å². The Morgan fingerprint density at radius 1 is 1.03 bits per heavy atom. The topological polar surface area (TPSA) is 146 Å². The molecule has 0 unspecified atom stereocenters. The number of anilines is 1. The molecule has 0 saturated carbocycles. The normalized spacial score (nSPS) is 11.4. The Labute approximate surface area is 191 Å².